The van der Waals surface area contributed by atoms with Crippen LogP contribution in [0.2, 0.25) is 0 Å². The molecule has 4 atom stereocenters. The number of aromatic amines is 1. The molecule has 0 aliphatic carbocycles. The summed E-state index contributed by atoms with van der Waals surface area (Å²) < 4.78 is 0. The van der Waals surface area contributed by atoms with Crippen LogP contribution in [-0.2, 0) is 13.0 Å². The molecular weight excluding hydrogens is 420 g/mol. The number of hydrogen-bond donors (Lipinski definition) is 2. The molecule has 2 aliphatic rings. The second-order valence-corrected chi connectivity index (χ2v) is 9.50. The largest absolute Gasteiger partial charge is 0.363 e. The minimum Gasteiger partial charge on any atom is -0.363 e. The number of tetrazole rings is 1. The molecular formula is C28H30N6. The van der Waals surface area contributed by atoms with Crippen LogP contribution in [-0.4, -0.2) is 38.7 Å². The number of anilines is 1. The normalized spacial score (nSPS) is 23.8. The van der Waals surface area contributed by atoms with Gasteiger partial charge < -0.3 is 10.2 Å². The Bertz CT molecular complexity index is 1190. The van der Waals surface area contributed by atoms with Crippen LogP contribution in [0.5, 0.6) is 0 Å². The number of benzene rings is 3. The summed E-state index contributed by atoms with van der Waals surface area (Å²) in [6.45, 7) is 0.888. The van der Waals surface area contributed by atoms with E-state index in [2.05, 4.69) is 116 Å². The van der Waals surface area contributed by atoms with Gasteiger partial charge in [-0.2, -0.15) is 5.21 Å². The molecule has 2 aliphatic heterocycles. The molecule has 4 aromatic rings. The maximum atomic E-state index is 4.40. The van der Waals surface area contributed by atoms with Gasteiger partial charge >= 0.3 is 0 Å². The van der Waals surface area contributed by atoms with Crippen molar-refractivity contribution in [2.24, 2.45) is 0 Å². The minimum atomic E-state index is 0.289. The standard InChI is InChI=1S/C28H30N6/c1-3-9-20(10-4-1)17-22-13-7-8-14-25(22)34-26-16-15-24(29-19-21-11-5-2-6-12-21)27(34)18-23(26)28-30-32-33-31-28/h1-14,23-24,26-27,29H,15-19H2,(H,30,31,32,33). The number of para-hydroxylation sites is 1. The molecule has 2 saturated heterocycles. The Kier molecular flexibility index (Phi) is 5.81. The number of hydrogen-bond acceptors (Lipinski definition) is 5. The molecule has 6 rings (SSSR count). The van der Waals surface area contributed by atoms with E-state index < -0.39 is 0 Å². The second kappa shape index (κ2) is 9.39. The minimum absolute atomic E-state index is 0.289. The van der Waals surface area contributed by atoms with Crippen molar-refractivity contribution < 1.29 is 0 Å². The Hall–Kier alpha value is -3.51. The first-order valence-electron chi connectivity index (χ1n) is 12.3. The first kappa shape index (κ1) is 21.1. The molecule has 2 N–H and O–H groups in total. The molecule has 0 spiro atoms. The van der Waals surface area contributed by atoms with Gasteiger partial charge in [-0.25, -0.2) is 0 Å². The van der Waals surface area contributed by atoms with Gasteiger partial charge in [0.25, 0.3) is 0 Å². The fourth-order valence-corrected chi connectivity index (χ4v) is 5.98. The van der Waals surface area contributed by atoms with Crippen molar-refractivity contribution in [3.63, 3.8) is 0 Å². The molecule has 172 valence electrons. The number of aromatic nitrogens is 4. The Labute approximate surface area is 200 Å². The van der Waals surface area contributed by atoms with Gasteiger partial charge in [0, 0.05) is 36.3 Å². The molecule has 2 bridgehead atoms. The highest BCUT2D eigenvalue weighted by molar-refractivity contribution is 5.59. The van der Waals surface area contributed by atoms with Gasteiger partial charge in [-0.05, 0) is 48.4 Å². The maximum absolute atomic E-state index is 4.40. The number of nitrogens with one attached hydrogen (secondary N) is 2. The van der Waals surface area contributed by atoms with Crippen LogP contribution in [0.1, 0.15) is 47.7 Å². The van der Waals surface area contributed by atoms with Gasteiger partial charge in [0.15, 0.2) is 5.82 Å². The summed E-state index contributed by atoms with van der Waals surface area (Å²) in [4.78, 5) is 2.69. The van der Waals surface area contributed by atoms with Gasteiger partial charge in [0.2, 0.25) is 0 Å². The third-order valence-electron chi connectivity index (χ3n) is 7.52. The number of rotatable bonds is 7. The number of fused-ring (bicyclic) bond motifs is 2. The predicted molar refractivity (Wildman–Crippen MR) is 134 cm³/mol. The number of piperidine rings is 1. The van der Waals surface area contributed by atoms with E-state index in [1.807, 2.05) is 0 Å². The molecule has 34 heavy (non-hydrogen) atoms. The fraction of sp³-hybridized carbons (Fsp3) is 0.321. The molecule has 6 heteroatoms. The summed E-state index contributed by atoms with van der Waals surface area (Å²) >= 11 is 0. The summed E-state index contributed by atoms with van der Waals surface area (Å²) in [6.07, 6.45) is 4.24. The van der Waals surface area contributed by atoms with Crippen molar-refractivity contribution >= 4 is 5.69 Å². The third-order valence-corrected chi connectivity index (χ3v) is 7.52. The fourth-order valence-electron chi connectivity index (χ4n) is 5.98. The lowest BCUT2D eigenvalue weighted by Crippen LogP contribution is -2.53. The summed E-state index contributed by atoms with van der Waals surface area (Å²) in [5.74, 6) is 1.14. The highest BCUT2D eigenvalue weighted by Gasteiger charge is 2.50. The van der Waals surface area contributed by atoms with Crippen LogP contribution >= 0.6 is 0 Å². The average molecular weight is 451 g/mol. The Morgan fingerprint density at radius 3 is 2.32 bits per heavy atom. The SMILES string of the molecule is c1ccc(CNC2CCC3C(c4nn[nH]n4)CC2N3c2ccccc2Cc2ccccc2)cc1. The van der Waals surface area contributed by atoms with Crippen molar-refractivity contribution in [2.45, 2.75) is 56.3 Å². The van der Waals surface area contributed by atoms with E-state index in [4.69, 9.17) is 0 Å². The summed E-state index contributed by atoms with van der Waals surface area (Å²) in [5.41, 5.74) is 5.39. The number of H-pyrrole nitrogens is 1. The van der Waals surface area contributed by atoms with Crippen LogP contribution < -0.4 is 10.2 Å². The zero-order valence-electron chi connectivity index (χ0n) is 19.2. The average Bonchev–Trinajstić information content (AvgIpc) is 3.51. The van der Waals surface area contributed by atoms with Crippen LogP contribution in [0, 0.1) is 0 Å². The van der Waals surface area contributed by atoms with Gasteiger partial charge in [-0.1, -0.05) is 84.1 Å². The van der Waals surface area contributed by atoms with Crippen LogP contribution in [0.25, 0.3) is 0 Å². The van der Waals surface area contributed by atoms with Crippen molar-refractivity contribution in [3.8, 4) is 0 Å². The van der Waals surface area contributed by atoms with E-state index in [-0.39, 0.29) is 5.92 Å². The molecule has 0 amide bonds. The van der Waals surface area contributed by atoms with Crippen molar-refractivity contribution in [1.29, 1.82) is 0 Å². The second-order valence-electron chi connectivity index (χ2n) is 9.50. The zero-order chi connectivity index (χ0) is 22.7. The predicted octanol–water partition coefficient (Wildman–Crippen LogP) is 4.47. The maximum Gasteiger partial charge on any atom is 0.179 e. The number of nitrogens with zero attached hydrogens (tertiary/aromatic N) is 4. The molecule has 4 unspecified atom stereocenters. The van der Waals surface area contributed by atoms with E-state index in [1.165, 1.54) is 22.4 Å². The Morgan fingerprint density at radius 1 is 0.824 bits per heavy atom. The highest BCUT2D eigenvalue weighted by atomic mass is 15.5. The van der Waals surface area contributed by atoms with E-state index in [1.54, 1.807) is 0 Å². The molecule has 3 heterocycles. The van der Waals surface area contributed by atoms with Crippen molar-refractivity contribution in [3.05, 3.63) is 107 Å². The van der Waals surface area contributed by atoms with Gasteiger partial charge in [0.05, 0.1) is 0 Å². The molecule has 3 aromatic carbocycles. The quantitative estimate of drug-likeness (QED) is 0.435. The molecule has 1 aromatic heterocycles. The lowest BCUT2D eigenvalue weighted by molar-refractivity contribution is 0.347. The van der Waals surface area contributed by atoms with E-state index in [0.717, 1.165) is 38.1 Å². The van der Waals surface area contributed by atoms with E-state index >= 15 is 0 Å². The first-order valence-corrected chi connectivity index (χ1v) is 12.3. The molecule has 2 fully saturated rings. The third kappa shape index (κ3) is 4.10. The van der Waals surface area contributed by atoms with Crippen LogP contribution in [0.3, 0.4) is 0 Å². The topological polar surface area (TPSA) is 69.7 Å². The summed E-state index contributed by atoms with van der Waals surface area (Å²) in [5, 5.41) is 19.3. The Balaban J connectivity index is 1.32. The van der Waals surface area contributed by atoms with Gasteiger partial charge in [-0.15, -0.1) is 10.2 Å². The summed E-state index contributed by atoms with van der Waals surface area (Å²) in [6, 6.07) is 31.6. The highest BCUT2D eigenvalue weighted by Crippen LogP contribution is 2.47. The lowest BCUT2D eigenvalue weighted by atomic mass is 9.93. The molecule has 0 saturated carbocycles. The van der Waals surface area contributed by atoms with Gasteiger partial charge in [0.1, 0.15) is 0 Å². The van der Waals surface area contributed by atoms with E-state index in [9.17, 15) is 0 Å². The van der Waals surface area contributed by atoms with Crippen molar-refractivity contribution in [1.82, 2.24) is 25.9 Å². The van der Waals surface area contributed by atoms with Crippen LogP contribution in [0.4, 0.5) is 5.69 Å². The van der Waals surface area contributed by atoms with Crippen molar-refractivity contribution in [2.75, 3.05) is 4.90 Å². The van der Waals surface area contributed by atoms with Gasteiger partial charge in [-0.3, -0.25) is 0 Å². The molecule has 6 nitrogen and oxygen atoms in total. The first-order chi connectivity index (χ1) is 16.9. The van der Waals surface area contributed by atoms with Crippen LogP contribution in [0.15, 0.2) is 84.9 Å². The summed E-state index contributed by atoms with van der Waals surface area (Å²) in [7, 11) is 0. The lowest BCUT2D eigenvalue weighted by Gasteiger charge is -2.43. The monoisotopic (exact) mass is 450 g/mol. The van der Waals surface area contributed by atoms with E-state index in [0.29, 0.717) is 18.1 Å². The Morgan fingerprint density at radius 2 is 1.56 bits per heavy atom. The zero-order valence-corrected chi connectivity index (χ0v) is 19.2. The smallest absolute Gasteiger partial charge is 0.179 e. The molecule has 0 radical (unpaired) electrons.